The molecule has 0 saturated heterocycles. The molecule has 0 radical (unpaired) electrons. The van der Waals surface area contributed by atoms with Crippen molar-refractivity contribution in [2.75, 3.05) is 0 Å². The number of hydrogen-bond donors (Lipinski definition) is 0. The third-order valence-electron chi connectivity index (χ3n) is 7.00. The van der Waals surface area contributed by atoms with E-state index in [0.29, 0.717) is 5.82 Å². The van der Waals surface area contributed by atoms with Gasteiger partial charge in [0.05, 0.1) is 16.6 Å². The van der Waals surface area contributed by atoms with E-state index in [1.165, 1.54) is 10.8 Å². The summed E-state index contributed by atoms with van der Waals surface area (Å²) in [4.78, 5) is 10.1. The van der Waals surface area contributed by atoms with Crippen molar-refractivity contribution in [3.8, 4) is 17.2 Å². The fraction of sp³-hybridized carbons (Fsp3) is 0. The Morgan fingerprint density at radius 1 is 0.500 bits per heavy atom. The lowest BCUT2D eigenvalue weighted by Gasteiger charge is -2.12. The number of rotatable bonds is 2. The van der Waals surface area contributed by atoms with Gasteiger partial charge in [-0.1, -0.05) is 78.9 Å². The van der Waals surface area contributed by atoms with E-state index in [-0.39, 0.29) is 0 Å². The van der Waals surface area contributed by atoms with Crippen molar-refractivity contribution < 1.29 is 4.42 Å². The number of furan rings is 1. The highest BCUT2D eigenvalue weighted by molar-refractivity contribution is 6.17. The summed E-state index contributed by atoms with van der Waals surface area (Å²) in [6.45, 7) is 0. The van der Waals surface area contributed by atoms with Crippen LogP contribution in [-0.2, 0) is 0 Å². The van der Waals surface area contributed by atoms with Gasteiger partial charge in [0.15, 0.2) is 5.82 Å². The molecule has 0 amide bonds. The molecule has 0 bridgehead atoms. The Morgan fingerprint density at radius 3 is 2.11 bits per heavy atom. The summed E-state index contributed by atoms with van der Waals surface area (Å²) in [5, 5.41) is 5.62. The highest BCUT2D eigenvalue weighted by Gasteiger charge is 2.19. The van der Waals surface area contributed by atoms with Crippen molar-refractivity contribution in [2.45, 2.75) is 0 Å². The number of para-hydroxylation sites is 3. The van der Waals surface area contributed by atoms with E-state index in [9.17, 15) is 0 Å². The lowest BCUT2D eigenvalue weighted by atomic mass is 10.1. The van der Waals surface area contributed by atoms with Gasteiger partial charge in [-0.3, -0.25) is 4.57 Å². The molecule has 5 aromatic carbocycles. The monoisotopic (exact) mass is 461 g/mol. The Hall–Kier alpha value is -4.96. The Morgan fingerprint density at radius 2 is 1.22 bits per heavy atom. The van der Waals surface area contributed by atoms with Crippen LogP contribution in [0.3, 0.4) is 0 Å². The predicted molar refractivity (Wildman–Crippen MR) is 147 cm³/mol. The van der Waals surface area contributed by atoms with Crippen molar-refractivity contribution in [3.05, 3.63) is 115 Å². The molecule has 4 heteroatoms. The Labute approximate surface area is 206 Å². The number of hydrogen-bond acceptors (Lipinski definition) is 3. The Kier molecular flexibility index (Phi) is 3.91. The third kappa shape index (κ3) is 2.70. The highest BCUT2D eigenvalue weighted by Crippen LogP contribution is 2.39. The molecular formula is C32H19N3O. The first-order valence-electron chi connectivity index (χ1n) is 12.0. The lowest BCUT2D eigenvalue weighted by molar-refractivity contribution is 0.669. The first kappa shape index (κ1) is 19.4. The Bertz CT molecular complexity index is 2100. The van der Waals surface area contributed by atoms with Crippen LogP contribution in [0.2, 0.25) is 0 Å². The summed E-state index contributed by atoms with van der Waals surface area (Å²) in [6, 6.07) is 39.5. The van der Waals surface area contributed by atoms with Gasteiger partial charge in [0.1, 0.15) is 17.0 Å². The van der Waals surface area contributed by atoms with E-state index in [1.54, 1.807) is 0 Å². The fourth-order valence-corrected chi connectivity index (χ4v) is 5.36. The zero-order valence-electron chi connectivity index (χ0n) is 19.2. The standard InChI is InChI=1S/C32H19N3O/c1-2-10-20(11-3-1)31-33-26-15-7-4-14-23(26)32(34-31)35-27-16-8-5-12-21(27)24-18-25-22-13-6-9-17-29(22)36-30(25)19-28(24)35/h1-19H. The topological polar surface area (TPSA) is 43.9 Å². The van der Waals surface area contributed by atoms with Gasteiger partial charge in [-0.15, -0.1) is 0 Å². The van der Waals surface area contributed by atoms with Crippen LogP contribution in [0.5, 0.6) is 0 Å². The van der Waals surface area contributed by atoms with Crippen LogP contribution in [0.4, 0.5) is 0 Å². The van der Waals surface area contributed by atoms with Gasteiger partial charge in [-0.2, -0.15) is 0 Å². The van der Waals surface area contributed by atoms with E-state index in [4.69, 9.17) is 14.4 Å². The van der Waals surface area contributed by atoms with Gasteiger partial charge in [0, 0.05) is 38.6 Å². The number of benzene rings is 5. The molecule has 8 aromatic rings. The number of fused-ring (bicyclic) bond motifs is 7. The predicted octanol–water partition coefficient (Wildman–Crippen LogP) is 8.29. The minimum absolute atomic E-state index is 0.708. The average Bonchev–Trinajstić information content (AvgIpc) is 3.46. The molecule has 8 rings (SSSR count). The molecular weight excluding hydrogens is 442 g/mol. The summed E-state index contributed by atoms with van der Waals surface area (Å²) in [5.74, 6) is 1.57. The van der Waals surface area contributed by atoms with Crippen LogP contribution in [-0.4, -0.2) is 14.5 Å². The van der Waals surface area contributed by atoms with Gasteiger partial charge < -0.3 is 4.42 Å². The number of nitrogens with zero attached hydrogens (tertiary/aromatic N) is 3. The second kappa shape index (κ2) is 7.27. The van der Waals surface area contributed by atoms with E-state index in [0.717, 1.165) is 55.3 Å². The van der Waals surface area contributed by atoms with Crippen molar-refractivity contribution in [1.82, 2.24) is 14.5 Å². The molecule has 0 saturated carbocycles. The van der Waals surface area contributed by atoms with Crippen LogP contribution >= 0.6 is 0 Å². The maximum Gasteiger partial charge on any atom is 0.162 e. The average molecular weight is 462 g/mol. The smallest absolute Gasteiger partial charge is 0.162 e. The van der Waals surface area contributed by atoms with Crippen molar-refractivity contribution in [3.63, 3.8) is 0 Å². The normalized spacial score (nSPS) is 11.9. The van der Waals surface area contributed by atoms with Gasteiger partial charge in [0.25, 0.3) is 0 Å². The molecule has 3 heterocycles. The number of aromatic nitrogens is 3. The van der Waals surface area contributed by atoms with Gasteiger partial charge >= 0.3 is 0 Å². The van der Waals surface area contributed by atoms with Crippen molar-refractivity contribution >= 4 is 54.6 Å². The molecule has 4 nitrogen and oxygen atoms in total. The maximum absolute atomic E-state index is 6.28. The fourth-order valence-electron chi connectivity index (χ4n) is 5.36. The largest absolute Gasteiger partial charge is 0.456 e. The molecule has 0 unspecified atom stereocenters. The molecule has 168 valence electrons. The van der Waals surface area contributed by atoms with Crippen LogP contribution in [0.1, 0.15) is 0 Å². The van der Waals surface area contributed by atoms with Crippen LogP contribution in [0, 0.1) is 0 Å². The van der Waals surface area contributed by atoms with Gasteiger partial charge in [0.2, 0.25) is 0 Å². The first-order chi connectivity index (χ1) is 17.8. The highest BCUT2D eigenvalue weighted by atomic mass is 16.3. The molecule has 3 aromatic heterocycles. The minimum Gasteiger partial charge on any atom is -0.456 e. The van der Waals surface area contributed by atoms with E-state index < -0.39 is 0 Å². The molecule has 0 spiro atoms. The molecule has 0 aliphatic carbocycles. The zero-order valence-corrected chi connectivity index (χ0v) is 19.2. The lowest BCUT2D eigenvalue weighted by Crippen LogP contribution is -2.02. The zero-order chi connectivity index (χ0) is 23.6. The second-order valence-corrected chi connectivity index (χ2v) is 9.07. The van der Waals surface area contributed by atoms with E-state index in [2.05, 4.69) is 77.4 Å². The molecule has 0 atom stereocenters. The van der Waals surface area contributed by atoms with Crippen LogP contribution in [0.15, 0.2) is 120 Å². The molecule has 0 N–H and O–H groups in total. The third-order valence-corrected chi connectivity index (χ3v) is 7.00. The second-order valence-electron chi connectivity index (χ2n) is 9.07. The summed E-state index contributed by atoms with van der Waals surface area (Å²) >= 11 is 0. The maximum atomic E-state index is 6.28. The Balaban J connectivity index is 1.54. The summed E-state index contributed by atoms with van der Waals surface area (Å²) in [7, 11) is 0. The first-order valence-corrected chi connectivity index (χ1v) is 12.0. The van der Waals surface area contributed by atoms with Crippen molar-refractivity contribution in [2.24, 2.45) is 0 Å². The van der Waals surface area contributed by atoms with Gasteiger partial charge in [-0.25, -0.2) is 9.97 Å². The molecule has 0 aliphatic rings. The molecule has 36 heavy (non-hydrogen) atoms. The molecule has 0 aliphatic heterocycles. The SMILES string of the molecule is c1ccc(-c2nc(-n3c4ccccc4c4cc5c(cc43)oc3ccccc35)c3ccccc3n2)cc1. The summed E-state index contributed by atoms with van der Waals surface area (Å²) in [6.07, 6.45) is 0. The molecule has 0 fully saturated rings. The van der Waals surface area contributed by atoms with Crippen LogP contribution < -0.4 is 0 Å². The quantitative estimate of drug-likeness (QED) is 0.260. The van der Waals surface area contributed by atoms with E-state index in [1.807, 2.05) is 42.5 Å². The van der Waals surface area contributed by atoms with Crippen molar-refractivity contribution in [1.29, 1.82) is 0 Å². The summed E-state index contributed by atoms with van der Waals surface area (Å²) < 4.78 is 8.54. The van der Waals surface area contributed by atoms with E-state index >= 15 is 0 Å². The van der Waals surface area contributed by atoms with Gasteiger partial charge in [-0.05, 0) is 30.3 Å². The summed E-state index contributed by atoms with van der Waals surface area (Å²) in [5.41, 5.74) is 5.84. The van der Waals surface area contributed by atoms with Crippen LogP contribution in [0.25, 0.3) is 71.9 Å². The minimum atomic E-state index is 0.708.